The first-order valence-electron chi connectivity index (χ1n) is 14.5. The van der Waals surface area contributed by atoms with Gasteiger partial charge in [-0.3, -0.25) is 0 Å². The van der Waals surface area contributed by atoms with E-state index in [4.69, 9.17) is 21.1 Å². The van der Waals surface area contributed by atoms with Gasteiger partial charge in [-0.2, -0.15) is 0 Å². The number of pyridine rings is 1. The summed E-state index contributed by atoms with van der Waals surface area (Å²) in [5.74, 6) is -0.590. The summed E-state index contributed by atoms with van der Waals surface area (Å²) in [7, 11) is 3.42. The average Bonchev–Trinajstić information content (AvgIpc) is 3.43. The highest BCUT2D eigenvalue weighted by Crippen LogP contribution is 2.42. The Bertz CT molecular complexity index is 1760. The Morgan fingerprint density at radius 1 is 1.13 bits per heavy atom. The number of piperidine rings is 1. The van der Waals surface area contributed by atoms with Crippen LogP contribution in [0.2, 0.25) is 5.02 Å². The van der Waals surface area contributed by atoms with Gasteiger partial charge in [0, 0.05) is 28.5 Å². The van der Waals surface area contributed by atoms with Crippen molar-refractivity contribution in [1.82, 2.24) is 20.1 Å². The molecule has 242 valence electrons. The largest absolute Gasteiger partial charge is 0.465 e. The maximum absolute atomic E-state index is 14.6. The van der Waals surface area contributed by atoms with Crippen LogP contribution in [0.4, 0.5) is 31.4 Å². The number of nitrogens with one attached hydrogen (secondary N) is 1. The second kappa shape index (κ2) is 13.9. The van der Waals surface area contributed by atoms with E-state index >= 15 is 0 Å². The number of thiophene rings is 1. The van der Waals surface area contributed by atoms with E-state index in [-0.39, 0.29) is 28.0 Å². The minimum atomic E-state index is -0.805. The monoisotopic (exact) mass is 684 g/mol. The number of benzene rings is 1. The molecule has 1 aliphatic rings. The maximum Gasteiger partial charge on any atom is 0.421 e. The number of ether oxygens (including phenoxy) is 2. The molecule has 5 rings (SSSR count). The van der Waals surface area contributed by atoms with Gasteiger partial charge in [-0.25, -0.2) is 23.9 Å². The maximum atomic E-state index is 14.6. The first-order valence-corrected chi connectivity index (χ1v) is 16.2. The SMILES string of the molecule is COC(=O)c1sc(N(C(=O)OC(C)(C)C)c2cc(Nc3cc(-c4cc(Cl)ccc4F)nnc3S)ccn2)cc1C1CCN(C)CC1. The van der Waals surface area contributed by atoms with Crippen molar-refractivity contribution in [1.29, 1.82) is 0 Å². The van der Waals surface area contributed by atoms with Gasteiger partial charge in [0.15, 0.2) is 0 Å². The fourth-order valence-corrected chi connectivity index (χ4v) is 6.56. The Kier molecular flexibility index (Phi) is 10.2. The van der Waals surface area contributed by atoms with Crippen LogP contribution in [-0.2, 0) is 9.47 Å². The number of halogens is 2. The van der Waals surface area contributed by atoms with E-state index in [1.54, 1.807) is 39.0 Å². The quantitative estimate of drug-likeness (QED) is 0.147. The standard InChI is InChI=1S/C32H34ClFN6O4S2/c1-32(2,3)44-31(42)40(27-16-21(28(46-27)30(41)43-5)18-9-12-39(4)13-10-18)26-15-20(8-11-35-26)36-25-17-24(37-38-29(25)45)22-14-19(33)6-7-23(22)34/h6-8,11,14-18H,9-10,12-13H2,1-5H3,(H,38,45)(H,35,36,37). The highest BCUT2D eigenvalue weighted by Gasteiger charge is 2.32. The van der Waals surface area contributed by atoms with E-state index < -0.39 is 23.5 Å². The molecule has 14 heteroatoms. The number of aromatic nitrogens is 3. The van der Waals surface area contributed by atoms with Gasteiger partial charge in [-0.15, -0.1) is 34.2 Å². The summed E-state index contributed by atoms with van der Waals surface area (Å²) in [4.78, 5) is 35.3. The van der Waals surface area contributed by atoms with Gasteiger partial charge in [0.2, 0.25) is 0 Å². The van der Waals surface area contributed by atoms with Crippen LogP contribution in [0.15, 0.2) is 53.7 Å². The van der Waals surface area contributed by atoms with Crippen LogP contribution < -0.4 is 10.2 Å². The fourth-order valence-electron chi connectivity index (χ4n) is 5.06. The second-order valence-electron chi connectivity index (χ2n) is 11.9. The molecular formula is C32H34ClFN6O4S2. The van der Waals surface area contributed by atoms with E-state index in [0.29, 0.717) is 26.3 Å². The number of hydrogen-bond donors (Lipinski definition) is 2. The highest BCUT2D eigenvalue weighted by molar-refractivity contribution is 7.80. The van der Waals surface area contributed by atoms with Crippen molar-refractivity contribution in [3.05, 3.63) is 69.9 Å². The minimum absolute atomic E-state index is 0.128. The van der Waals surface area contributed by atoms with Crippen molar-refractivity contribution in [3.8, 4) is 11.3 Å². The normalized spacial score (nSPS) is 14.2. The summed E-state index contributed by atoms with van der Waals surface area (Å²) in [5.41, 5.74) is 1.43. The van der Waals surface area contributed by atoms with Crippen LogP contribution in [0.25, 0.3) is 11.3 Å². The molecule has 1 aliphatic heterocycles. The predicted octanol–water partition coefficient (Wildman–Crippen LogP) is 8.09. The third-order valence-corrected chi connectivity index (χ3v) is 8.99. The smallest absolute Gasteiger partial charge is 0.421 e. The van der Waals surface area contributed by atoms with Gasteiger partial charge < -0.3 is 19.7 Å². The van der Waals surface area contributed by atoms with Gasteiger partial charge in [0.25, 0.3) is 0 Å². The van der Waals surface area contributed by atoms with Crippen LogP contribution in [0.3, 0.4) is 0 Å². The van der Waals surface area contributed by atoms with E-state index in [2.05, 4.69) is 45.1 Å². The van der Waals surface area contributed by atoms with Crippen molar-refractivity contribution in [3.63, 3.8) is 0 Å². The Morgan fingerprint density at radius 3 is 2.57 bits per heavy atom. The van der Waals surface area contributed by atoms with Crippen molar-refractivity contribution in [2.24, 2.45) is 0 Å². The number of nitrogens with zero attached hydrogens (tertiary/aromatic N) is 5. The van der Waals surface area contributed by atoms with Crippen LogP contribution in [0.5, 0.6) is 0 Å². The zero-order valence-corrected chi connectivity index (χ0v) is 28.5. The Labute approximate surface area is 281 Å². The van der Waals surface area contributed by atoms with Gasteiger partial charge in [0.05, 0.1) is 18.5 Å². The zero-order valence-electron chi connectivity index (χ0n) is 26.0. The highest BCUT2D eigenvalue weighted by atomic mass is 35.5. The molecule has 1 amide bonds. The molecule has 4 aromatic rings. The summed E-state index contributed by atoms with van der Waals surface area (Å²) < 4.78 is 25.5. The lowest BCUT2D eigenvalue weighted by Crippen LogP contribution is -2.34. The average molecular weight is 685 g/mol. The summed E-state index contributed by atoms with van der Waals surface area (Å²) in [5, 5.41) is 12.5. The molecular weight excluding hydrogens is 651 g/mol. The molecule has 46 heavy (non-hydrogen) atoms. The number of amides is 1. The van der Waals surface area contributed by atoms with Crippen LogP contribution >= 0.6 is 35.6 Å². The summed E-state index contributed by atoms with van der Waals surface area (Å²) in [6.45, 7) is 7.11. The first-order chi connectivity index (χ1) is 21.8. The zero-order chi connectivity index (χ0) is 33.2. The van der Waals surface area contributed by atoms with Crippen molar-refractivity contribution in [2.45, 2.75) is 50.2 Å². The molecule has 0 radical (unpaired) electrons. The summed E-state index contributed by atoms with van der Waals surface area (Å²) >= 11 is 11.7. The van der Waals surface area contributed by atoms with Crippen molar-refractivity contribution >= 4 is 69.8 Å². The molecule has 10 nitrogen and oxygen atoms in total. The van der Waals surface area contributed by atoms with E-state index in [0.717, 1.165) is 42.8 Å². The van der Waals surface area contributed by atoms with Gasteiger partial charge in [-0.1, -0.05) is 11.6 Å². The lowest BCUT2D eigenvalue weighted by atomic mass is 9.90. The topological polar surface area (TPSA) is 110 Å². The van der Waals surface area contributed by atoms with Crippen LogP contribution in [0, 0.1) is 5.82 Å². The predicted molar refractivity (Wildman–Crippen MR) is 181 cm³/mol. The number of methoxy groups -OCH3 is 1. The first kappa shape index (κ1) is 33.6. The number of carbonyl (C=O) groups is 2. The Balaban J connectivity index is 1.54. The van der Waals surface area contributed by atoms with Crippen molar-refractivity contribution < 1.29 is 23.5 Å². The number of carbonyl (C=O) groups excluding carboxylic acids is 2. The molecule has 0 atom stereocenters. The number of thiol groups is 1. The molecule has 1 N–H and O–H groups in total. The third-order valence-electron chi connectivity index (χ3n) is 7.31. The molecule has 0 spiro atoms. The van der Waals surface area contributed by atoms with Gasteiger partial charge >= 0.3 is 12.1 Å². The molecule has 4 heterocycles. The Hall–Kier alpha value is -3.78. The van der Waals surface area contributed by atoms with Crippen molar-refractivity contribution in [2.75, 3.05) is 37.5 Å². The van der Waals surface area contributed by atoms with Gasteiger partial charge in [0.1, 0.15) is 32.1 Å². The van der Waals surface area contributed by atoms with E-state index in [1.165, 1.54) is 36.4 Å². The molecule has 0 unspecified atom stereocenters. The second-order valence-corrected chi connectivity index (χ2v) is 13.8. The van der Waals surface area contributed by atoms with E-state index in [9.17, 15) is 14.0 Å². The number of rotatable bonds is 7. The number of likely N-dealkylation sites (tertiary alicyclic amines) is 1. The number of hydrogen-bond acceptors (Lipinski definition) is 11. The summed E-state index contributed by atoms with van der Waals surface area (Å²) in [6.07, 6.45) is 2.61. The molecule has 0 aliphatic carbocycles. The van der Waals surface area contributed by atoms with Crippen LogP contribution in [-0.4, -0.2) is 65.0 Å². The number of anilines is 4. The molecule has 1 aromatic carbocycles. The Morgan fingerprint density at radius 2 is 1.87 bits per heavy atom. The summed E-state index contributed by atoms with van der Waals surface area (Å²) in [6, 6.07) is 11.0. The lowest BCUT2D eigenvalue weighted by Gasteiger charge is -2.29. The van der Waals surface area contributed by atoms with E-state index in [1.807, 2.05) is 6.07 Å². The molecule has 1 fully saturated rings. The lowest BCUT2D eigenvalue weighted by molar-refractivity contribution is 0.0590. The van der Waals surface area contributed by atoms with Crippen LogP contribution in [0.1, 0.15) is 54.8 Å². The fraction of sp³-hybridized carbons (Fsp3) is 0.344. The van der Waals surface area contributed by atoms with Gasteiger partial charge in [-0.05, 0) is 102 Å². The number of esters is 1. The molecule has 0 saturated carbocycles. The molecule has 1 saturated heterocycles. The minimum Gasteiger partial charge on any atom is -0.465 e. The molecule has 0 bridgehead atoms. The third kappa shape index (κ3) is 7.77. The molecule has 3 aromatic heterocycles.